The first-order valence-corrected chi connectivity index (χ1v) is 13.1. The number of carbonyl (C=O) groups excluding carboxylic acids is 1. The Morgan fingerprint density at radius 2 is 2.03 bits per heavy atom. The van der Waals surface area contributed by atoms with Gasteiger partial charge < -0.3 is 14.5 Å². The summed E-state index contributed by atoms with van der Waals surface area (Å²) in [4.78, 5) is 33.3. The minimum absolute atomic E-state index is 0.0759. The number of hydrogen-bond acceptors (Lipinski definition) is 7. The number of thioether (sulfide) groups is 1. The lowest BCUT2D eigenvalue weighted by Gasteiger charge is -2.13. The van der Waals surface area contributed by atoms with E-state index in [0.717, 1.165) is 41.5 Å². The summed E-state index contributed by atoms with van der Waals surface area (Å²) in [5.74, 6) is 1.38. The van der Waals surface area contributed by atoms with Crippen molar-refractivity contribution in [3.05, 3.63) is 69.2 Å². The van der Waals surface area contributed by atoms with Crippen LogP contribution >= 0.6 is 23.1 Å². The number of aromatic nitrogens is 2. The van der Waals surface area contributed by atoms with Crippen LogP contribution in [0.3, 0.4) is 0 Å². The van der Waals surface area contributed by atoms with E-state index < -0.39 is 0 Å². The van der Waals surface area contributed by atoms with E-state index in [4.69, 9.17) is 14.1 Å². The normalized spacial score (nSPS) is 13.4. The lowest BCUT2D eigenvalue weighted by Crippen LogP contribution is -2.26. The predicted octanol–water partition coefficient (Wildman–Crippen LogP) is 4.73. The second-order valence-electron chi connectivity index (χ2n) is 8.12. The molecule has 1 N–H and O–H groups in total. The molecule has 3 heterocycles. The number of ether oxygens (including phenoxy) is 1. The number of furan rings is 1. The Morgan fingerprint density at radius 3 is 2.79 bits per heavy atom. The molecule has 0 unspecified atom stereocenters. The number of hydrogen-bond donors (Lipinski definition) is 1. The first-order valence-electron chi connectivity index (χ1n) is 11.3. The molecule has 9 heteroatoms. The molecule has 1 aromatic carbocycles. The molecule has 1 amide bonds. The maximum atomic E-state index is 13.8. The van der Waals surface area contributed by atoms with Crippen molar-refractivity contribution < 1.29 is 13.9 Å². The van der Waals surface area contributed by atoms with Gasteiger partial charge in [0.1, 0.15) is 16.3 Å². The monoisotopic (exact) mass is 495 g/mol. The van der Waals surface area contributed by atoms with E-state index in [1.54, 1.807) is 35.3 Å². The number of benzene rings is 1. The van der Waals surface area contributed by atoms with Gasteiger partial charge >= 0.3 is 0 Å². The minimum atomic E-state index is -0.154. The highest BCUT2D eigenvalue weighted by atomic mass is 32.2. The lowest BCUT2D eigenvalue weighted by atomic mass is 10.1. The molecule has 5 rings (SSSR count). The van der Waals surface area contributed by atoms with Gasteiger partial charge in [-0.25, -0.2) is 4.98 Å². The molecule has 34 heavy (non-hydrogen) atoms. The van der Waals surface area contributed by atoms with Gasteiger partial charge in [-0.15, -0.1) is 11.3 Å². The highest BCUT2D eigenvalue weighted by molar-refractivity contribution is 7.99. The molecule has 1 aliphatic carbocycles. The van der Waals surface area contributed by atoms with Crippen LogP contribution in [0.4, 0.5) is 0 Å². The smallest absolute Gasteiger partial charge is 0.267 e. The average Bonchev–Trinajstić information content (AvgIpc) is 3.44. The highest BCUT2D eigenvalue weighted by Gasteiger charge is 2.22. The van der Waals surface area contributed by atoms with Crippen LogP contribution in [0.15, 0.2) is 57.0 Å². The largest absolute Gasteiger partial charge is 0.497 e. The molecule has 0 spiro atoms. The van der Waals surface area contributed by atoms with Crippen molar-refractivity contribution in [2.24, 2.45) is 0 Å². The first-order chi connectivity index (χ1) is 16.6. The predicted molar refractivity (Wildman–Crippen MR) is 134 cm³/mol. The Balaban J connectivity index is 1.51. The second-order valence-corrected chi connectivity index (χ2v) is 10.1. The molecular weight excluding hydrogens is 470 g/mol. The van der Waals surface area contributed by atoms with E-state index in [-0.39, 0.29) is 17.2 Å². The standard InChI is InChI=1S/C25H25N3O4S2/c1-31-17-11-9-16(10-12-17)28-24(30)22-19-7-3-2-4-8-20(19)34-23(22)27-25(28)33-15-21(29)26-14-18-6-5-13-32-18/h5-6,9-13H,2-4,7-8,14-15H2,1H3,(H,26,29). The number of aryl methyl sites for hydroxylation is 2. The molecule has 0 fully saturated rings. The number of nitrogens with zero attached hydrogens (tertiary/aromatic N) is 2. The number of thiophene rings is 1. The fourth-order valence-electron chi connectivity index (χ4n) is 4.20. The molecule has 0 saturated heterocycles. The number of rotatable bonds is 7. The molecule has 0 bridgehead atoms. The van der Waals surface area contributed by atoms with Gasteiger partial charge in [0.25, 0.3) is 5.56 Å². The van der Waals surface area contributed by atoms with Crippen LogP contribution in [0.2, 0.25) is 0 Å². The van der Waals surface area contributed by atoms with Crippen molar-refractivity contribution in [3.63, 3.8) is 0 Å². The van der Waals surface area contributed by atoms with Crippen molar-refractivity contribution in [1.29, 1.82) is 0 Å². The fourth-order valence-corrected chi connectivity index (χ4v) is 6.34. The van der Waals surface area contributed by atoms with Gasteiger partial charge in [-0.3, -0.25) is 14.2 Å². The summed E-state index contributed by atoms with van der Waals surface area (Å²) in [5.41, 5.74) is 1.78. The maximum absolute atomic E-state index is 13.8. The topological polar surface area (TPSA) is 86.4 Å². The third-order valence-corrected chi connectivity index (χ3v) is 8.04. The van der Waals surface area contributed by atoms with Crippen molar-refractivity contribution in [2.45, 2.75) is 43.8 Å². The molecule has 3 aromatic heterocycles. The first kappa shape index (κ1) is 22.7. The van der Waals surface area contributed by atoms with Gasteiger partial charge in [0.15, 0.2) is 5.16 Å². The summed E-state index contributed by atoms with van der Waals surface area (Å²) in [6, 6.07) is 10.9. The van der Waals surface area contributed by atoms with E-state index >= 15 is 0 Å². The summed E-state index contributed by atoms with van der Waals surface area (Å²) in [7, 11) is 1.61. The average molecular weight is 496 g/mol. The Bertz CT molecular complexity index is 1360. The zero-order valence-electron chi connectivity index (χ0n) is 18.8. The van der Waals surface area contributed by atoms with E-state index in [9.17, 15) is 9.59 Å². The van der Waals surface area contributed by atoms with E-state index in [1.807, 2.05) is 30.3 Å². The minimum Gasteiger partial charge on any atom is -0.497 e. The molecule has 0 atom stereocenters. The van der Waals surface area contributed by atoms with E-state index in [1.165, 1.54) is 23.1 Å². The Labute approximate surface area is 205 Å². The van der Waals surface area contributed by atoms with Crippen molar-refractivity contribution in [1.82, 2.24) is 14.9 Å². The Morgan fingerprint density at radius 1 is 1.21 bits per heavy atom. The van der Waals surface area contributed by atoms with Crippen molar-refractivity contribution >= 4 is 39.2 Å². The van der Waals surface area contributed by atoms with Crippen LogP contribution in [0.5, 0.6) is 5.75 Å². The quantitative estimate of drug-likeness (QED) is 0.227. The fraction of sp³-hybridized carbons (Fsp3) is 0.320. The van der Waals surface area contributed by atoms with Crippen LogP contribution < -0.4 is 15.6 Å². The Kier molecular flexibility index (Phi) is 6.73. The summed E-state index contributed by atoms with van der Waals surface area (Å²) >= 11 is 2.88. The number of methoxy groups -OCH3 is 1. The Hall–Kier alpha value is -3.04. The molecule has 1 aliphatic rings. The van der Waals surface area contributed by atoms with Gasteiger partial charge in [-0.2, -0.15) is 0 Å². The van der Waals surface area contributed by atoms with Gasteiger partial charge in [0, 0.05) is 4.88 Å². The lowest BCUT2D eigenvalue weighted by molar-refractivity contribution is -0.118. The third kappa shape index (κ3) is 4.63. The number of amides is 1. The third-order valence-electron chi connectivity index (χ3n) is 5.91. The van der Waals surface area contributed by atoms with Crippen LogP contribution in [0.1, 0.15) is 35.5 Å². The zero-order chi connectivity index (χ0) is 23.5. The summed E-state index contributed by atoms with van der Waals surface area (Å²) < 4.78 is 12.2. The summed E-state index contributed by atoms with van der Waals surface area (Å²) in [6.07, 6.45) is 6.90. The second kappa shape index (κ2) is 10.1. The molecule has 4 aromatic rings. The van der Waals surface area contributed by atoms with E-state index in [2.05, 4.69) is 5.32 Å². The number of fused-ring (bicyclic) bond motifs is 3. The summed E-state index contributed by atoms with van der Waals surface area (Å²) in [6.45, 7) is 0.321. The number of nitrogens with one attached hydrogen (secondary N) is 1. The molecule has 176 valence electrons. The summed E-state index contributed by atoms with van der Waals surface area (Å²) in [5, 5.41) is 4.08. The van der Waals surface area contributed by atoms with Crippen LogP contribution in [0.25, 0.3) is 15.9 Å². The zero-order valence-corrected chi connectivity index (χ0v) is 20.5. The SMILES string of the molecule is COc1ccc(-n2c(SCC(=O)NCc3ccco3)nc3sc4c(c3c2=O)CCCCC4)cc1. The molecular formula is C25H25N3O4S2. The molecule has 0 saturated carbocycles. The maximum Gasteiger partial charge on any atom is 0.267 e. The van der Waals surface area contributed by atoms with Gasteiger partial charge in [0.2, 0.25) is 5.91 Å². The van der Waals surface area contributed by atoms with Crippen LogP contribution in [0, 0.1) is 0 Å². The van der Waals surface area contributed by atoms with Crippen LogP contribution in [-0.4, -0.2) is 28.3 Å². The van der Waals surface area contributed by atoms with Gasteiger partial charge in [-0.05, 0) is 67.6 Å². The van der Waals surface area contributed by atoms with Crippen molar-refractivity contribution in [3.8, 4) is 11.4 Å². The molecule has 0 aliphatic heterocycles. The van der Waals surface area contributed by atoms with Gasteiger partial charge in [0.05, 0.1) is 36.7 Å². The van der Waals surface area contributed by atoms with Gasteiger partial charge in [-0.1, -0.05) is 18.2 Å². The van der Waals surface area contributed by atoms with Crippen molar-refractivity contribution in [2.75, 3.05) is 12.9 Å². The molecule has 7 nitrogen and oxygen atoms in total. The van der Waals surface area contributed by atoms with Crippen LogP contribution in [-0.2, 0) is 24.2 Å². The highest BCUT2D eigenvalue weighted by Crippen LogP contribution is 2.34. The molecule has 0 radical (unpaired) electrons. The number of carbonyl (C=O) groups is 1. The van der Waals surface area contributed by atoms with E-state index in [0.29, 0.717) is 28.9 Å².